The minimum atomic E-state index is -0.665. The van der Waals surface area contributed by atoms with Crippen LogP contribution >= 0.6 is 11.8 Å². The molecule has 2 aliphatic heterocycles. The number of rotatable bonds is 6. The lowest BCUT2D eigenvalue weighted by atomic mass is 9.87. The third-order valence-electron chi connectivity index (χ3n) is 6.46. The molecule has 0 saturated carbocycles. The van der Waals surface area contributed by atoms with Gasteiger partial charge in [0, 0.05) is 6.54 Å². The minimum Gasteiger partial charge on any atom is -0.508 e. The topological polar surface area (TPSA) is 62.2 Å². The highest BCUT2D eigenvalue weighted by Gasteiger charge is 2.44. The molecule has 0 aromatic heterocycles. The molecule has 0 saturated heterocycles. The Hall–Kier alpha value is -3.25. The zero-order valence-electron chi connectivity index (χ0n) is 19.4. The lowest BCUT2D eigenvalue weighted by Gasteiger charge is -2.42. The van der Waals surface area contributed by atoms with Gasteiger partial charge in [-0.05, 0) is 80.1 Å². The second-order valence-electron chi connectivity index (χ2n) is 9.06. The van der Waals surface area contributed by atoms with Crippen molar-refractivity contribution in [3.8, 4) is 23.0 Å². The normalized spacial score (nSPS) is 21.5. The van der Waals surface area contributed by atoms with Crippen LogP contribution in [0.1, 0.15) is 36.6 Å². The van der Waals surface area contributed by atoms with Crippen LogP contribution < -0.4 is 9.47 Å². The van der Waals surface area contributed by atoms with Crippen LogP contribution in [0.4, 0.5) is 0 Å². The van der Waals surface area contributed by atoms with Crippen molar-refractivity contribution < 1.29 is 19.7 Å². The predicted octanol–water partition coefficient (Wildman–Crippen LogP) is 6.23. The number of benzene rings is 3. The summed E-state index contributed by atoms with van der Waals surface area (Å²) in [6.45, 7) is 6.84. The molecule has 0 unspecified atom stereocenters. The van der Waals surface area contributed by atoms with E-state index in [0.717, 1.165) is 47.0 Å². The third-order valence-corrected chi connectivity index (χ3v) is 7.99. The average molecular weight is 476 g/mol. The van der Waals surface area contributed by atoms with E-state index < -0.39 is 5.60 Å². The third kappa shape index (κ3) is 4.55. The van der Waals surface area contributed by atoms with Crippen LogP contribution in [-0.4, -0.2) is 34.8 Å². The Labute approximate surface area is 204 Å². The molecule has 0 amide bonds. The molecular formula is C28H29NO4S. The molecular weight excluding hydrogens is 446 g/mol. The Morgan fingerprint density at radius 2 is 1.76 bits per heavy atom. The SMILES string of the molecule is CC1=CN(CCOc2ccc([C@@]3(C)Oc4ccc(O)cc4S[C@@H]3c3ccc(O)cc3)cc2)CC1. The number of phenols is 2. The number of hydrogen-bond acceptors (Lipinski definition) is 6. The first kappa shape index (κ1) is 22.5. The van der Waals surface area contributed by atoms with Gasteiger partial charge in [-0.2, -0.15) is 0 Å². The van der Waals surface area contributed by atoms with E-state index in [1.54, 1.807) is 36.0 Å². The molecule has 0 radical (unpaired) electrons. The van der Waals surface area contributed by atoms with Gasteiger partial charge in [0.1, 0.15) is 35.2 Å². The quantitative estimate of drug-likeness (QED) is 0.441. The van der Waals surface area contributed by atoms with Crippen LogP contribution in [0, 0.1) is 0 Å². The average Bonchev–Trinajstić information content (AvgIpc) is 3.25. The van der Waals surface area contributed by atoms with E-state index in [-0.39, 0.29) is 16.7 Å². The smallest absolute Gasteiger partial charge is 0.147 e. The van der Waals surface area contributed by atoms with Crippen LogP contribution in [-0.2, 0) is 5.60 Å². The van der Waals surface area contributed by atoms with Crippen molar-refractivity contribution in [1.82, 2.24) is 4.90 Å². The predicted molar refractivity (Wildman–Crippen MR) is 135 cm³/mol. The summed E-state index contributed by atoms with van der Waals surface area (Å²) in [5, 5.41) is 19.7. The zero-order valence-corrected chi connectivity index (χ0v) is 20.2. The maximum atomic E-state index is 9.99. The van der Waals surface area contributed by atoms with Gasteiger partial charge < -0.3 is 24.6 Å². The lowest BCUT2D eigenvalue weighted by Crippen LogP contribution is -2.37. The standard InChI is InChI=1S/C28H29NO4S/c1-19-13-14-29(18-19)15-16-32-24-10-5-21(6-11-24)28(2)27(20-3-7-22(30)8-4-20)34-26-17-23(31)9-12-25(26)33-28/h3-12,17-18,27,30-31H,13-16H2,1-2H3/t27-,28-/m1/s1. The van der Waals surface area contributed by atoms with Crippen LogP contribution in [0.3, 0.4) is 0 Å². The van der Waals surface area contributed by atoms with Crippen molar-refractivity contribution in [3.05, 3.63) is 89.6 Å². The molecule has 3 aromatic carbocycles. The molecule has 2 aliphatic rings. The summed E-state index contributed by atoms with van der Waals surface area (Å²) in [6, 6.07) is 20.6. The fraction of sp³-hybridized carbons (Fsp3) is 0.286. The molecule has 2 N–H and O–H groups in total. The highest BCUT2D eigenvalue weighted by Crippen LogP contribution is 2.57. The number of hydrogen-bond donors (Lipinski definition) is 2. The van der Waals surface area contributed by atoms with Gasteiger partial charge in [-0.3, -0.25) is 0 Å². The molecule has 0 spiro atoms. The van der Waals surface area contributed by atoms with Crippen LogP contribution in [0.2, 0.25) is 0 Å². The highest BCUT2D eigenvalue weighted by molar-refractivity contribution is 7.99. The monoisotopic (exact) mass is 475 g/mol. The molecule has 0 fully saturated rings. The first-order chi connectivity index (χ1) is 16.4. The van der Waals surface area contributed by atoms with Gasteiger partial charge in [0.2, 0.25) is 0 Å². The van der Waals surface area contributed by atoms with E-state index in [1.165, 1.54) is 5.57 Å². The number of phenolic OH excluding ortho intramolecular Hbond substituents is 2. The Morgan fingerprint density at radius 1 is 1.03 bits per heavy atom. The summed E-state index contributed by atoms with van der Waals surface area (Å²) in [5.41, 5.74) is 2.82. The van der Waals surface area contributed by atoms with E-state index in [9.17, 15) is 10.2 Å². The Morgan fingerprint density at radius 3 is 2.47 bits per heavy atom. The molecule has 3 aromatic rings. The van der Waals surface area contributed by atoms with Gasteiger partial charge in [-0.1, -0.05) is 29.8 Å². The molecule has 34 heavy (non-hydrogen) atoms. The summed E-state index contributed by atoms with van der Waals surface area (Å²) in [5.74, 6) is 2.02. The van der Waals surface area contributed by atoms with Crippen molar-refractivity contribution in [2.45, 2.75) is 36.0 Å². The maximum Gasteiger partial charge on any atom is 0.147 e. The number of ether oxygens (including phenoxy) is 2. The molecule has 5 nitrogen and oxygen atoms in total. The largest absolute Gasteiger partial charge is 0.508 e. The van der Waals surface area contributed by atoms with Gasteiger partial charge >= 0.3 is 0 Å². The Balaban J connectivity index is 1.38. The summed E-state index contributed by atoms with van der Waals surface area (Å²) in [4.78, 5) is 3.19. The fourth-order valence-corrected chi connectivity index (χ4v) is 5.91. The summed E-state index contributed by atoms with van der Waals surface area (Å²) in [7, 11) is 0. The van der Waals surface area contributed by atoms with Crippen molar-refractivity contribution in [2.75, 3.05) is 19.7 Å². The van der Waals surface area contributed by atoms with Crippen LogP contribution in [0.25, 0.3) is 0 Å². The first-order valence-electron chi connectivity index (χ1n) is 11.5. The second-order valence-corrected chi connectivity index (χ2v) is 10.2. The second kappa shape index (κ2) is 9.18. The van der Waals surface area contributed by atoms with Gasteiger partial charge in [0.05, 0.1) is 16.7 Å². The lowest BCUT2D eigenvalue weighted by molar-refractivity contribution is 0.0745. The van der Waals surface area contributed by atoms with E-state index in [2.05, 4.69) is 37.1 Å². The molecule has 2 atom stereocenters. The number of aromatic hydroxyl groups is 2. The Bertz CT molecular complexity index is 1190. The maximum absolute atomic E-state index is 9.99. The molecule has 176 valence electrons. The van der Waals surface area contributed by atoms with Gasteiger partial charge in [-0.15, -0.1) is 11.8 Å². The fourth-order valence-electron chi connectivity index (χ4n) is 4.54. The zero-order chi connectivity index (χ0) is 23.7. The summed E-state index contributed by atoms with van der Waals surface area (Å²) < 4.78 is 12.6. The van der Waals surface area contributed by atoms with Gasteiger partial charge in [0.15, 0.2) is 0 Å². The number of thioether (sulfide) groups is 1. The molecule has 5 rings (SSSR count). The van der Waals surface area contributed by atoms with E-state index in [4.69, 9.17) is 9.47 Å². The number of fused-ring (bicyclic) bond motifs is 1. The van der Waals surface area contributed by atoms with Gasteiger partial charge in [0.25, 0.3) is 0 Å². The van der Waals surface area contributed by atoms with E-state index in [0.29, 0.717) is 6.61 Å². The van der Waals surface area contributed by atoms with Crippen molar-refractivity contribution >= 4 is 11.8 Å². The summed E-state index contributed by atoms with van der Waals surface area (Å²) in [6.07, 6.45) is 3.35. The first-order valence-corrected chi connectivity index (χ1v) is 12.4. The summed E-state index contributed by atoms with van der Waals surface area (Å²) >= 11 is 1.66. The Kier molecular flexibility index (Phi) is 6.09. The molecule has 2 heterocycles. The number of nitrogens with zero attached hydrogens (tertiary/aromatic N) is 1. The molecule has 6 heteroatoms. The van der Waals surface area contributed by atoms with Crippen molar-refractivity contribution in [3.63, 3.8) is 0 Å². The molecule has 0 aliphatic carbocycles. The molecule has 0 bridgehead atoms. The van der Waals surface area contributed by atoms with E-state index in [1.807, 2.05) is 30.3 Å². The van der Waals surface area contributed by atoms with Crippen LogP contribution in [0.5, 0.6) is 23.0 Å². The minimum absolute atomic E-state index is 0.0839. The van der Waals surface area contributed by atoms with Crippen molar-refractivity contribution in [1.29, 1.82) is 0 Å². The van der Waals surface area contributed by atoms with Crippen molar-refractivity contribution in [2.24, 2.45) is 0 Å². The van der Waals surface area contributed by atoms with Gasteiger partial charge in [-0.25, -0.2) is 0 Å². The van der Waals surface area contributed by atoms with E-state index >= 15 is 0 Å². The highest BCUT2D eigenvalue weighted by atomic mass is 32.2. The van der Waals surface area contributed by atoms with Crippen LogP contribution in [0.15, 0.2) is 83.4 Å².